The van der Waals surface area contributed by atoms with Crippen molar-refractivity contribution in [3.63, 3.8) is 0 Å². The highest BCUT2D eigenvalue weighted by molar-refractivity contribution is 9.09. The van der Waals surface area contributed by atoms with Crippen molar-refractivity contribution in [1.29, 1.82) is 0 Å². The van der Waals surface area contributed by atoms with Crippen molar-refractivity contribution in [3.8, 4) is 0 Å². The molecule has 4 nitrogen and oxygen atoms in total. The van der Waals surface area contributed by atoms with Gasteiger partial charge in [0.25, 0.3) is 0 Å². The summed E-state index contributed by atoms with van der Waals surface area (Å²) >= 11 is 3.14. The Morgan fingerprint density at radius 3 is 2.58 bits per heavy atom. The molecule has 0 fully saturated rings. The van der Waals surface area contributed by atoms with E-state index < -0.39 is 12.7 Å². The van der Waals surface area contributed by atoms with Crippen molar-refractivity contribution >= 4 is 32.9 Å². The lowest BCUT2D eigenvalue weighted by Gasteiger charge is -2.24. The van der Waals surface area contributed by atoms with Crippen molar-refractivity contribution in [1.82, 2.24) is 15.0 Å². The summed E-state index contributed by atoms with van der Waals surface area (Å²) in [6.07, 6.45) is -1.31. The molecule has 0 radical (unpaired) electrons. The predicted molar refractivity (Wildman–Crippen MR) is 69.4 cm³/mol. The number of halogens is 4. The van der Waals surface area contributed by atoms with E-state index in [1.807, 2.05) is 0 Å². The van der Waals surface area contributed by atoms with Crippen molar-refractivity contribution in [2.45, 2.75) is 6.18 Å². The van der Waals surface area contributed by atoms with Crippen molar-refractivity contribution < 1.29 is 13.2 Å². The molecule has 0 spiro atoms. The lowest BCUT2D eigenvalue weighted by molar-refractivity contribution is -0.119. The van der Waals surface area contributed by atoms with Crippen LogP contribution in [-0.2, 0) is 0 Å². The van der Waals surface area contributed by atoms with Gasteiger partial charge in [-0.1, -0.05) is 15.9 Å². The van der Waals surface area contributed by atoms with Gasteiger partial charge in [-0.25, -0.2) is 9.97 Å². The van der Waals surface area contributed by atoms with E-state index in [0.717, 1.165) is 4.90 Å². The zero-order chi connectivity index (χ0) is 13.9. The van der Waals surface area contributed by atoms with Gasteiger partial charge in [0.05, 0.1) is 0 Å². The smallest absolute Gasteiger partial charge is 0.347 e. The normalized spacial score (nSPS) is 11.8. The standard InChI is InChI=1S/C11H10BrF3N4/c12-3-6-19(7-11(13,14)15)9-2-1-8-10(18-9)17-5-4-16-8/h1-2,4-5H,3,6-7H2. The highest BCUT2D eigenvalue weighted by atomic mass is 79.9. The minimum absolute atomic E-state index is 0.207. The van der Waals surface area contributed by atoms with Crippen molar-refractivity contribution in [2.24, 2.45) is 0 Å². The van der Waals surface area contributed by atoms with Gasteiger partial charge in [-0.3, -0.25) is 4.98 Å². The molecule has 0 aliphatic heterocycles. The fourth-order valence-corrected chi connectivity index (χ4v) is 2.04. The molecule has 2 rings (SSSR count). The van der Waals surface area contributed by atoms with Crippen LogP contribution in [0.25, 0.3) is 11.2 Å². The molecule has 8 heteroatoms. The van der Waals surface area contributed by atoms with E-state index >= 15 is 0 Å². The van der Waals surface area contributed by atoms with Crippen LogP contribution in [0.15, 0.2) is 24.5 Å². The largest absolute Gasteiger partial charge is 0.405 e. The van der Waals surface area contributed by atoms with Crippen LogP contribution in [0.4, 0.5) is 19.0 Å². The fourth-order valence-electron chi connectivity index (χ4n) is 1.61. The lowest BCUT2D eigenvalue weighted by atomic mass is 10.3. The van der Waals surface area contributed by atoms with Crippen LogP contribution >= 0.6 is 15.9 Å². The first-order valence-electron chi connectivity index (χ1n) is 5.45. The predicted octanol–water partition coefficient (Wildman–Crippen LogP) is 2.79. The zero-order valence-electron chi connectivity index (χ0n) is 9.73. The average Bonchev–Trinajstić information content (AvgIpc) is 2.36. The van der Waals surface area contributed by atoms with Gasteiger partial charge in [-0.15, -0.1) is 0 Å². The number of fused-ring (bicyclic) bond motifs is 1. The number of aromatic nitrogens is 3. The van der Waals surface area contributed by atoms with Crippen molar-refractivity contribution in [3.05, 3.63) is 24.5 Å². The average molecular weight is 335 g/mol. The van der Waals surface area contributed by atoms with Gasteiger partial charge >= 0.3 is 6.18 Å². The quantitative estimate of drug-likeness (QED) is 0.806. The number of nitrogens with zero attached hydrogens (tertiary/aromatic N) is 4. The summed E-state index contributed by atoms with van der Waals surface area (Å²) in [6, 6.07) is 3.13. The van der Waals surface area contributed by atoms with Gasteiger partial charge in [0.2, 0.25) is 0 Å². The number of rotatable bonds is 4. The summed E-state index contributed by atoms with van der Waals surface area (Å²) in [5.41, 5.74) is 0.888. The molecule has 0 aromatic carbocycles. The second-order valence-electron chi connectivity index (χ2n) is 3.79. The van der Waals surface area contributed by atoms with E-state index in [4.69, 9.17) is 0 Å². The number of alkyl halides is 4. The van der Waals surface area contributed by atoms with E-state index in [1.54, 1.807) is 6.07 Å². The van der Waals surface area contributed by atoms with Gasteiger partial charge in [-0.2, -0.15) is 13.2 Å². The Balaban J connectivity index is 2.33. The summed E-state index contributed by atoms with van der Waals surface area (Å²) in [5.74, 6) is 0.241. The maximum atomic E-state index is 12.5. The van der Waals surface area contributed by atoms with E-state index in [-0.39, 0.29) is 12.4 Å². The monoisotopic (exact) mass is 334 g/mol. The van der Waals surface area contributed by atoms with Gasteiger partial charge in [0, 0.05) is 24.3 Å². The third kappa shape index (κ3) is 3.76. The summed E-state index contributed by atoms with van der Waals surface area (Å²) in [6.45, 7) is -0.838. The molecule has 0 amide bonds. The fraction of sp³-hybridized carbons (Fsp3) is 0.364. The van der Waals surface area contributed by atoms with Crippen LogP contribution in [0.5, 0.6) is 0 Å². The molecule has 0 N–H and O–H groups in total. The molecule has 0 aliphatic carbocycles. The Hall–Kier alpha value is -1.44. The third-order valence-corrected chi connectivity index (χ3v) is 2.72. The topological polar surface area (TPSA) is 41.9 Å². The SMILES string of the molecule is FC(F)(F)CN(CCBr)c1ccc2nccnc2n1. The summed E-state index contributed by atoms with van der Waals surface area (Å²) < 4.78 is 37.5. The summed E-state index contributed by atoms with van der Waals surface area (Å²) in [4.78, 5) is 13.3. The van der Waals surface area contributed by atoms with E-state index in [2.05, 4.69) is 30.9 Å². The lowest BCUT2D eigenvalue weighted by Crippen LogP contribution is -2.36. The molecule has 2 heterocycles. The Labute approximate surface area is 115 Å². The van der Waals surface area contributed by atoms with Crippen LogP contribution in [0.3, 0.4) is 0 Å². The Morgan fingerprint density at radius 1 is 1.16 bits per heavy atom. The highest BCUT2D eigenvalue weighted by Gasteiger charge is 2.31. The maximum Gasteiger partial charge on any atom is 0.405 e. The van der Waals surface area contributed by atoms with Gasteiger partial charge in [0.1, 0.15) is 17.9 Å². The van der Waals surface area contributed by atoms with Crippen LogP contribution in [0.1, 0.15) is 0 Å². The highest BCUT2D eigenvalue weighted by Crippen LogP contribution is 2.22. The molecule has 102 valence electrons. The first-order chi connectivity index (χ1) is 8.99. The van der Waals surface area contributed by atoms with Crippen LogP contribution in [0, 0.1) is 0 Å². The van der Waals surface area contributed by atoms with Crippen LogP contribution < -0.4 is 4.90 Å². The summed E-state index contributed by atoms with van der Waals surface area (Å²) in [7, 11) is 0. The van der Waals surface area contributed by atoms with Gasteiger partial charge < -0.3 is 4.90 Å². The molecule has 19 heavy (non-hydrogen) atoms. The Bertz CT molecular complexity index is 561. The number of pyridine rings is 1. The molecule has 2 aromatic rings. The van der Waals surface area contributed by atoms with Crippen molar-refractivity contribution in [2.75, 3.05) is 23.3 Å². The summed E-state index contributed by atoms with van der Waals surface area (Å²) in [5, 5.41) is 0.420. The Morgan fingerprint density at radius 2 is 1.89 bits per heavy atom. The zero-order valence-corrected chi connectivity index (χ0v) is 11.3. The minimum atomic E-state index is -4.28. The Kier molecular flexibility index (Phi) is 4.18. The molecule has 0 bridgehead atoms. The van der Waals surface area contributed by atoms with E-state index in [1.165, 1.54) is 18.5 Å². The number of hydrogen-bond donors (Lipinski definition) is 0. The molecular formula is C11H10BrF3N4. The number of hydrogen-bond acceptors (Lipinski definition) is 4. The van der Waals surface area contributed by atoms with Crippen LogP contribution in [-0.4, -0.2) is 39.5 Å². The molecule has 0 aliphatic rings. The second-order valence-corrected chi connectivity index (χ2v) is 4.59. The minimum Gasteiger partial charge on any atom is -0.347 e. The molecule has 0 unspecified atom stereocenters. The molecule has 2 aromatic heterocycles. The van der Waals surface area contributed by atoms with E-state index in [9.17, 15) is 13.2 Å². The first-order valence-corrected chi connectivity index (χ1v) is 6.57. The van der Waals surface area contributed by atoms with E-state index in [0.29, 0.717) is 16.5 Å². The van der Waals surface area contributed by atoms with Crippen LogP contribution in [0.2, 0.25) is 0 Å². The third-order valence-electron chi connectivity index (χ3n) is 2.37. The van der Waals surface area contributed by atoms with Gasteiger partial charge in [0.15, 0.2) is 5.65 Å². The number of anilines is 1. The first kappa shape index (κ1) is 14.0. The van der Waals surface area contributed by atoms with Gasteiger partial charge in [-0.05, 0) is 12.1 Å². The molecular weight excluding hydrogens is 325 g/mol. The molecule has 0 atom stereocenters. The maximum absolute atomic E-state index is 12.5. The molecule has 0 saturated heterocycles. The second kappa shape index (κ2) is 5.68. The molecule has 0 saturated carbocycles.